The van der Waals surface area contributed by atoms with Crippen LogP contribution in [0, 0.1) is 0 Å². The SMILES string of the molecule is O=C1NCC2(CCN(S(=O)(=O)c3ccc(Br)cc3)CC2)N1. The molecular weight excluding hydrogens is 358 g/mol. The molecule has 1 spiro atoms. The maximum atomic E-state index is 12.6. The maximum Gasteiger partial charge on any atom is 0.315 e. The van der Waals surface area contributed by atoms with Gasteiger partial charge in [0, 0.05) is 24.1 Å². The summed E-state index contributed by atoms with van der Waals surface area (Å²) in [5.74, 6) is 0. The summed E-state index contributed by atoms with van der Waals surface area (Å²) in [6.45, 7) is 1.40. The van der Waals surface area contributed by atoms with Crippen molar-refractivity contribution in [3.63, 3.8) is 0 Å². The summed E-state index contributed by atoms with van der Waals surface area (Å²) in [5, 5.41) is 5.66. The second-order valence-electron chi connectivity index (χ2n) is 5.45. The van der Waals surface area contributed by atoms with Crippen LogP contribution in [-0.2, 0) is 10.0 Å². The number of hydrogen-bond donors (Lipinski definition) is 2. The molecule has 21 heavy (non-hydrogen) atoms. The van der Waals surface area contributed by atoms with Gasteiger partial charge in [0.05, 0.1) is 10.4 Å². The molecule has 2 heterocycles. The largest absolute Gasteiger partial charge is 0.336 e. The molecule has 114 valence electrons. The lowest BCUT2D eigenvalue weighted by atomic mass is 9.90. The minimum atomic E-state index is -3.46. The van der Waals surface area contributed by atoms with Crippen molar-refractivity contribution in [2.45, 2.75) is 23.3 Å². The molecule has 2 aliphatic rings. The highest BCUT2D eigenvalue weighted by Crippen LogP contribution is 2.28. The van der Waals surface area contributed by atoms with E-state index in [9.17, 15) is 13.2 Å². The molecule has 1 aromatic carbocycles. The van der Waals surface area contributed by atoms with Crippen molar-refractivity contribution in [2.75, 3.05) is 19.6 Å². The molecule has 2 amide bonds. The number of amides is 2. The van der Waals surface area contributed by atoms with Crippen LogP contribution in [0.1, 0.15) is 12.8 Å². The zero-order valence-electron chi connectivity index (χ0n) is 11.3. The lowest BCUT2D eigenvalue weighted by Crippen LogP contribution is -2.53. The van der Waals surface area contributed by atoms with Gasteiger partial charge in [0.1, 0.15) is 0 Å². The van der Waals surface area contributed by atoms with Crippen LogP contribution in [0.4, 0.5) is 4.79 Å². The van der Waals surface area contributed by atoms with Crippen LogP contribution in [0.3, 0.4) is 0 Å². The third-order valence-electron chi connectivity index (χ3n) is 4.10. The molecule has 1 aromatic rings. The van der Waals surface area contributed by atoms with Crippen molar-refractivity contribution in [1.82, 2.24) is 14.9 Å². The lowest BCUT2D eigenvalue weighted by molar-refractivity contribution is 0.216. The normalized spacial score (nSPS) is 22.0. The third kappa shape index (κ3) is 2.79. The standard InChI is InChI=1S/C13H16BrN3O3S/c14-10-1-3-11(4-2-10)21(19,20)17-7-5-13(6-8-17)9-15-12(18)16-13/h1-4H,5-9H2,(H2,15,16,18). The van der Waals surface area contributed by atoms with Crippen molar-refractivity contribution in [3.8, 4) is 0 Å². The first-order chi connectivity index (χ1) is 9.91. The summed E-state index contributed by atoms with van der Waals surface area (Å²) in [6, 6.07) is 6.48. The van der Waals surface area contributed by atoms with E-state index in [4.69, 9.17) is 0 Å². The molecule has 2 aliphatic heterocycles. The molecule has 0 aliphatic carbocycles. The van der Waals surface area contributed by atoms with E-state index in [0.29, 0.717) is 37.4 Å². The Morgan fingerprint density at radius 2 is 1.76 bits per heavy atom. The second kappa shape index (κ2) is 5.26. The second-order valence-corrected chi connectivity index (χ2v) is 8.30. The molecule has 8 heteroatoms. The summed E-state index contributed by atoms with van der Waals surface area (Å²) in [7, 11) is -3.46. The van der Waals surface area contributed by atoms with Crippen LogP contribution in [0.15, 0.2) is 33.6 Å². The molecule has 0 radical (unpaired) electrons. The smallest absolute Gasteiger partial charge is 0.315 e. The summed E-state index contributed by atoms with van der Waals surface area (Å²) in [6.07, 6.45) is 1.25. The molecule has 3 rings (SSSR count). The van der Waals surface area contributed by atoms with Crippen molar-refractivity contribution in [1.29, 1.82) is 0 Å². The highest BCUT2D eigenvalue weighted by molar-refractivity contribution is 9.10. The van der Waals surface area contributed by atoms with Crippen LogP contribution in [-0.4, -0.2) is 43.9 Å². The highest BCUT2D eigenvalue weighted by atomic mass is 79.9. The van der Waals surface area contributed by atoms with E-state index in [1.54, 1.807) is 24.3 Å². The monoisotopic (exact) mass is 373 g/mol. The molecule has 6 nitrogen and oxygen atoms in total. The van der Waals surface area contributed by atoms with Crippen molar-refractivity contribution < 1.29 is 13.2 Å². The van der Waals surface area contributed by atoms with Gasteiger partial charge >= 0.3 is 6.03 Å². The summed E-state index contributed by atoms with van der Waals surface area (Å²) >= 11 is 3.30. The molecular formula is C13H16BrN3O3S. The number of nitrogens with zero attached hydrogens (tertiary/aromatic N) is 1. The van der Waals surface area contributed by atoms with Gasteiger partial charge in [0.15, 0.2) is 0 Å². The maximum absolute atomic E-state index is 12.6. The van der Waals surface area contributed by atoms with Gasteiger partial charge in [0.2, 0.25) is 10.0 Å². The van der Waals surface area contributed by atoms with Gasteiger partial charge in [-0.05, 0) is 37.1 Å². The van der Waals surface area contributed by atoms with Gasteiger partial charge in [-0.2, -0.15) is 4.31 Å². The minimum Gasteiger partial charge on any atom is -0.336 e. The Morgan fingerprint density at radius 1 is 1.14 bits per heavy atom. The number of nitrogens with one attached hydrogen (secondary N) is 2. The Labute approximate surface area is 132 Å². The van der Waals surface area contributed by atoms with Crippen LogP contribution < -0.4 is 10.6 Å². The van der Waals surface area contributed by atoms with E-state index in [-0.39, 0.29) is 11.6 Å². The molecule has 2 fully saturated rings. The fourth-order valence-electron chi connectivity index (χ4n) is 2.79. The zero-order chi connectivity index (χ0) is 15.1. The van der Waals surface area contributed by atoms with E-state index < -0.39 is 10.0 Å². The van der Waals surface area contributed by atoms with E-state index in [1.807, 2.05) is 0 Å². The van der Waals surface area contributed by atoms with Crippen molar-refractivity contribution in [2.24, 2.45) is 0 Å². The molecule has 2 N–H and O–H groups in total. The topological polar surface area (TPSA) is 78.5 Å². The number of hydrogen-bond acceptors (Lipinski definition) is 3. The number of carbonyl (C=O) groups is 1. The molecule has 2 saturated heterocycles. The van der Waals surface area contributed by atoms with Gasteiger partial charge in [0.25, 0.3) is 0 Å². The lowest BCUT2D eigenvalue weighted by Gasteiger charge is -2.37. The Kier molecular flexibility index (Phi) is 3.71. The minimum absolute atomic E-state index is 0.167. The molecule has 0 bridgehead atoms. The van der Waals surface area contributed by atoms with E-state index in [0.717, 1.165) is 4.47 Å². The first kappa shape index (κ1) is 14.8. The van der Waals surface area contributed by atoms with Gasteiger partial charge in [-0.15, -0.1) is 0 Å². The van der Waals surface area contributed by atoms with Crippen LogP contribution in [0.5, 0.6) is 0 Å². The Hall–Kier alpha value is -1.12. The average Bonchev–Trinajstić information content (AvgIpc) is 2.81. The van der Waals surface area contributed by atoms with Gasteiger partial charge in [-0.1, -0.05) is 15.9 Å². The number of rotatable bonds is 2. The molecule has 0 saturated carbocycles. The quantitative estimate of drug-likeness (QED) is 0.819. The summed E-state index contributed by atoms with van der Waals surface area (Å²) in [5.41, 5.74) is -0.289. The fraction of sp³-hybridized carbons (Fsp3) is 0.462. The Morgan fingerprint density at radius 3 is 2.29 bits per heavy atom. The predicted molar refractivity (Wildman–Crippen MR) is 81.4 cm³/mol. The summed E-state index contributed by atoms with van der Waals surface area (Å²) in [4.78, 5) is 11.6. The molecule has 0 unspecified atom stereocenters. The number of benzene rings is 1. The van der Waals surface area contributed by atoms with Crippen LogP contribution in [0.2, 0.25) is 0 Å². The van der Waals surface area contributed by atoms with Gasteiger partial charge < -0.3 is 10.6 Å². The van der Waals surface area contributed by atoms with Gasteiger partial charge in [-0.25, -0.2) is 13.2 Å². The van der Waals surface area contributed by atoms with Crippen molar-refractivity contribution >= 4 is 32.0 Å². The zero-order valence-corrected chi connectivity index (χ0v) is 13.7. The van der Waals surface area contributed by atoms with Crippen LogP contribution in [0.25, 0.3) is 0 Å². The summed E-state index contributed by atoms with van der Waals surface area (Å²) < 4.78 is 27.5. The molecule has 0 aromatic heterocycles. The number of piperidine rings is 1. The fourth-order valence-corrected chi connectivity index (χ4v) is 4.50. The Balaban J connectivity index is 1.74. The van der Waals surface area contributed by atoms with E-state index in [1.165, 1.54) is 4.31 Å². The van der Waals surface area contributed by atoms with Crippen LogP contribution >= 0.6 is 15.9 Å². The van der Waals surface area contributed by atoms with Gasteiger partial charge in [-0.3, -0.25) is 0 Å². The predicted octanol–water partition coefficient (Wildman–Crippen LogP) is 1.29. The first-order valence-corrected chi connectivity index (χ1v) is 8.96. The van der Waals surface area contributed by atoms with E-state index >= 15 is 0 Å². The van der Waals surface area contributed by atoms with Crippen molar-refractivity contribution in [3.05, 3.63) is 28.7 Å². The van der Waals surface area contributed by atoms with E-state index in [2.05, 4.69) is 26.6 Å². The number of sulfonamides is 1. The Bertz CT molecular complexity index is 652. The number of carbonyl (C=O) groups excluding carboxylic acids is 1. The number of urea groups is 1. The highest BCUT2D eigenvalue weighted by Gasteiger charge is 2.42. The first-order valence-electron chi connectivity index (χ1n) is 6.73. The third-order valence-corrected chi connectivity index (χ3v) is 6.54. The average molecular weight is 374 g/mol. The number of halogens is 1. The molecule has 0 atom stereocenters.